The van der Waals surface area contributed by atoms with Gasteiger partial charge in [0.25, 0.3) is 0 Å². The molecular formula is C17H11F8NO3. The summed E-state index contributed by atoms with van der Waals surface area (Å²) in [4.78, 5) is 8.24. The van der Waals surface area contributed by atoms with Gasteiger partial charge in [0.05, 0.1) is 7.11 Å². The maximum absolute atomic E-state index is 13.6. The van der Waals surface area contributed by atoms with Crippen molar-refractivity contribution < 1.29 is 49.4 Å². The summed E-state index contributed by atoms with van der Waals surface area (Å²) in [7, 11) is 1.45. The van der Waals surface area contributed by atoms with Crippen LogP contribution in [0.2, 0.25) is 0 Å². The van der Waals surface area contributed by atoms with Crippen LogP contribution >= 0.6 is 0 Å². The highest BCUT2D eigenvalue weighted by Crippen LogP contribution is 2.42. The molecule has 2 aromatic rings. The van der Waals surface area contributed by atoms with Crippen molar-refractivity contribution in [3.63, 3.8) is 0 Å². The molecule has 4 nitrogen and oxygen atoms in total. The van der Waals surface area contributed by atoms with E-state index in [-0.39, 0.29) is 0 Å². The number of carbonyl (C=O) groups is 1. The van der Waals surface area contributed by atoms with Gasteiger partial charge in [-0.3, -0.25) is 0 Å². The van der Waals surface area contributed by atoms with Gasteiger partial charge in [0.1, 0.15) is 11.5 Å². The number of halogens is 8. The van der Waals surface area contributed by atoms with Crippen molar-refractivity contribution in [1.82, 2.24) is 4.90 Å². The molecule has 0 atom stereocenters. The number of hydrogen-bond donors (Lipinski definition) is 0. The standard InChI is InChI=1S/C17H11F8NO3/c1-28-12-6-2-10(3-7-12)11-4-8-13(9-5-11)29-14(27)15(18,19)26(16(20,21)22)17(23,24)25/h2-9H,1H3. The van der Waals surface area contributed by atoms with Gasteiger partial charge in [0, 0.05) is 0 Å². The first kappa shape index (κ1) is 22.4. The van der Waals surface area contributed by atoms with Crippen molar-refractivity contribution in [2.45, 2.75) is 18.6 Å². The fourth-order valence-corrected chi connectivity index (χ4v) is 2.22. The van der Waals surface area contributed by atoms with Gasteiger partial charge in [-0.15, -0.1) is 0 Å². The van der Waals surface area contributed by atoms with E-state index < -0.39 is 35.3 Å². The van der Waals surface area contributed by atoms with E-state index in [1.807, 2.05) is 0 Å². The number of ether oxygens (including phenoxy) is 2. The van der Waals surface area contributed by atoms with Gasteiger partial charge in [-0.05, 0) is 40.3 Å². The number of hydrogen-bond acceptors (Lipinski definition) is 4. The first-order chi connectivity index (χ1) is 13.3. The van der Waals surface area contributed by atoms with E-state index in [9.17, 15) is 39.9 Å². The molecule has 0 heterocycles. The van der Waals surface area contributed by atoms with E-state index in [1.165, 1.54) is 19.2 Å². The minimum atomic E-state index is -6.57. The molecule has 0 aliphatic heterocycles. The van der Waals surface area contributed by atoms with E-state index in [1.54, 1.807) is 24.3 Å². The summed E-state index contributed by atoms with van der Waals surface area (Å²) >= 11 is 0. The smallest absolute Gasteiger partial charge is 0.472 e. The Bertz CT molecular complexity index is 831. The van der Waals surface area contributed by atoms with Crippen LogP contribution in [0, 0.1) is 0 Å². The Morgan fingerprint density at radius 3 is 1.45 bits per heavy atom. The average Bonchev–Trinajstić information content (AvgIpc) is 2.59. The first-order valence-corrected chi connectivity index (χ1v) is 7.55. The Morgan fingerprint density at radius 2 is 1.10 bits per heavy atom. The van der Waals surface area contributed by atoms with Crippen LogP contribution in [0.4, 0.5) is 35.1 Å². The maximum atomic E-state index is 13.6. The van der Waals surface area contributed by atoms with Crippen LogP contribution in [0.5, 0.6) is 11.5 Å². The van der Waals surface area contributed by atoms with Crippen molar-refractivity contribution in [2.24, 2.45) is 0 Å². The molecule has 0 spiro atoms. The third-order valence-electron chi connectivity index (χ3n) is 3.52. The van der Waals surface area contributed by atoms with Crippen LogP contribution in [0.1, 0.15) is 0 Å². The molecule has 0 amide bonds. The molecule has 2 rings (SSSR count). The zero-order valence-electron chi connectivity index (χ0n) is 14.3. The summed E-state index contributed by atoms with van der Waals surface area (Å²) in [6.07, 6.45) is -13.1. The van der Waals surface area contributed by atoms with Crippen molar-refractivity contribution in [1.29, 1.82) is 0 Å². The molecular weight excluding hydrogens is 418 g/mol. The van der Waals surface area contributed by atoms with E-state index in [0.717, 1.165) is 12.1 Å². The maximum Gasteiger partial charge on any atom is 0.472 e. The number of rotatable bonds is 5. The molecule has 29 heavy (non-hydrogen) atoms. The summed E-state index contributed by atoms with van der Waals surface area (Å²) < 4.78 is 111. The molecule has 0 N–H and O–H groups in total. The number of methoxy groups -OCH3 is 1. The van der Waals surface area contributed by atoms with Gasteiger partial charge in [-0.2, -0.15) is 35.1 Å². The van der Waals surface area contributed by atoms with Crippen LogP contribution in [0.15, 0.2) is 48.5 Å². The second kappa shape index (κ2) is 7.85. The first-order valence-electron chi connectivity index (χ1n) is 7.55. The largest absolute Gasteiger partial charge is 0.497 e. The monoisotopic (exact) mass is 429 g/mol. The Labute approximate surface area is 158 Å². The molecule has 158 valence electrons. The van der Waals surface area contributed by atoms with Gasteiger partial charge in [0.15, 0.2) is 0 Å². The molecule has 0 bridgehead atoms. The topological polar surface area (TPSA) is 38.8 Å². The van der Waals surface area contributed by atoms with E-state index in [4.69, 9.17) is 4.74 Å². The van der Waals surface area contributed by atoms with Gasteiger partial charge in [-0.1, -0.05) is 24.3 Å². The number of esters is 1. The van der Waals surface area contributed by atoms with Crippen molar-refractivity contribution >= 4 is 5.97 Å². The fourth-order valence-electron chi connectivity index (χ4n) is 2.22. The molecule has 0 aromatic heterocycles. The summed E-state index contributed by atoms with van der Waals surface area (Å²) in [6.45, 7) is 0. The molecule has 0 saturated heterocycles. The molecule has 0 aliphatic carbocycles. The predicted octanol–water partition coefficient (Wildman–Crippen LogP) is 5.20. The molecule has 0 radical (unpaired) electrons. The lowest BCUT2D eigenvalue weighted by molar-refractivity contribution is -0.431. The quantitative estimate of drug-likeness (QED) is 0.284. The Hall–Kier alpha value is -2.89. The molecule has 0 aliphatic rings. The number of carbonyl (C=O) groups excluding carboxylic acids is 1. The molecule has 12 heteroatoms. The molecule has 0 saturated carbocycles. The Kier molecular flexibility index (Phi) is 6.07. The Morgan fingerprint density at radius 1 is 0.724 bits per heavy atom. The third kappa shape index (κ3) is 5.13. The molecule has 0 unspecified atom stereocenters. The van der Waals surface area contributed by atoms with E-state index in [0.29, 0.717) is 16.9 Å². The highest BCUT2D eigenvalue weighted by atomic mass is 19.4. The van der Waals surface area contributed by atoms with E-state index >= 15 is 0 Å². The van der Waals surface area contributed by atoms with Crippen molar-refractivity contribution in [3.8, 4) is 22.6 Å². The van der Waals surface area contributed by atoms with Gasteiger partial charge < -0.3 is 9.47 Å². The minimum Gasteiger partial charge on any atom is -0.497 e. The number of alkyl halides is 8. The summed E-state index contributed by atoms with van der Waals surface area (Å²) in [5, 5.41) is 0. The van der Waals surface area contributed by atoms with Crippen molar-refractivity contribution in [2.75, 3.05) is 7.11 Å². The third-order valence-corrected chi connectivity index (χ3v) is 3.52. The summed E-state index contributed by atoms with van der Waals surface area (Å²) in [5.41, 5.74) is 1.14. The average molecular weight is 429 g/mol. The number of nitrogens with zero attached hydrogens (tertiary/aromatic N) is 1. The Balaban J connectivity index is 2.20. The van der Waals surface area contributed by atoms with E-state index in [2.05, 4.69) is 4.74 Å². The summed E-state index contributed by atoms with van der Waals surface area (Å²) in [5.74, 6) is -3.15. The van der Waals surface area contributed by atoms with Gasteiger partial charge in [0.2, 0.25) is 0 Å². The van der Waals surface area contributed by atoms with Crippen molar-refractivity contribution in [3.05, 3.63) is 48.5 Å². The zero-order valence-corrected chi connectivity index (χ0v) is 14.3. The fraction of sp³-hybridized carbons (Fsp3) is 0.235. The van der Waals surface area contributed by atoms with Crippen LogP contribution < -0.4 is 9.47 Å². The van der Waals surface area contributed by atoms with Crippen LogP contribution in [-0.2, 0) is 4.79 Å². The van der Waals surface area contributed by atoms with Gasteiger partial charge in [-0.25, -0.2) is 4.79 Å². The molecule has 2 aromatic carbocycles. The van der Waals surface area contributed by atoms with Crippen LogP contribution in [-0.4, -0.2) is 36.6 Å². The second-order valence-corrected chi connectivity index (χ2v) is 5.45. The number of benzene rings is 2. The lowest BCUT2D eigenvalue weighted by Crippen LogP contribution is -2.61. The zero-order chi connectivity index (χ0) is 22.0. The highest BCUT2D eigenvalue weighted by molar-refractivity contribution is 5.79. The predicted molar refractivity (Wildman–Crippen MR) is 83.0 cm³/mol. The second-order valence-electron chi connectivity index (χ2n) is 5.45. The normalized spacial score (nSPS) is 12.8. The summed E-state index contributed by atoms with van der Waals surface area (Å²) in [6, 6.07) is 4.90. The lowest BCUT2D eigenvalue weighted by atomic mass is 10.1. The SMILES string of the molecule is COc1ccc(-c2ccc(OC(=O)C(F)(F)N(C(F)(F)F)C(F)(F)F)cc2)cc1. The molecule has 0 fully saturated rings. The highest BCUT2D eigenvalue weighted by Gasteiger charge is 2.69. The lowest BCUT2D eigenvalue weighted by Gasteiger charge is -2.31. The van der Waals surface area contributed by atoms with Crippen LogP contribution in [0.3, 0.4) is 0 Å². The van der Waals surface area contributed by atoms with Crippen LogP contribution in [0.25, 0.3) is 11.1 Å². The minimum absolute atomic E-state index is 0.506. The van der Waals surface area contributed by atoms with Gasteiger partial charge >= 0.3 is 24.6 Å².